The number of hydrogen-bond acceptors (Lipinski definition) is 4. The van der Waals surface area contributed by atoms with Gasteiger partial charge in [-0.15, -0.1) is 11.3 Å². The van der Waals surface area contributed by atoms with E-state index in [1.165, 1.54) is 4.88 Å². The van der Waals surface area contributed by atoms with E-state index >= 15 is 0 Å². The topological polar surface area (TPSA) is 54.0 Å². The molecule has 0 radical (unpaired) electrons. The van der Waals surface area contributed by atoms with Gasteiger partial charge in [0.1, 0.15) is 0 Å². The van der Waals surface area contributed by atoms with Gasteiger partial charge in [-0.25, -0.2) is 4.98 Å². The standard InChI is InChI=1S/C12H19N3OS/c1-8-11(17-7-14-8)5-6-13-9(2)12(16)15-10-3-4-10/h7,9-10,13H,3-6H2,1-2H3,(H,15,16). The molecule has 5 heteroatoms. The van der Waals surface area contributed by atoms with Crippen molar-refractivity contribution in [2.24, 2.45) is 0 Å². The monoisotopic (exact) mass is 253 g/mol. The molecule has 0 bridgehead atoms. The van der Waals surface area contributed by atoms with Crippen LogP contribution < -0.4 is 10.6 Å². The summed E-state index contributed by atoms with van der Waals surface area (Å²) in [5.41, 5.74) is 2.97. The number of amides is 1. The molecule has 1 aromatic rings. The van der Waals surface area contributed by atoms with Crippen molar-refractivity contribution < 1.29 is 4.79 Å². The van der Waals surface area contributed by atoms with E-state index in [1.54, 1.807) is 11.3 Å². The first-order valence-electron chi connectivity index (χ1n) is 6.09. The summed E-state index contributed by atoms with van der Waals surface area (Å²) in [6, 6.07) is 0.333. The molecule has 2 N–H and O–H groups in total. The average Bonchev–Trinajstić information content (AvgIpc) is 3.02. The number of carbonyl (C=O) groups excluding carboxylic acids is 1. The second-order valence-electron chi connectivity index (χ2n) is 4.57. The fraction of sp³-hybridized carbons (Fsp3) is 0.667. The molecule has 1 aliphatic carbocycles. The van der Waals surface area contributed by atoms with Crippen LogP contribution in [0.2, 0.25) is 0 Å². The Morgan fingerprint density at radius 3 is 3.00 bits per heavy atom. The fourth-order valence-corrected chi connectivity index (χ4v) is 2.40. The minimum Gasteiger partial charge on any atom is -0.352 e. The molecule has 0 saturated heterocycles. The molecule has 0 aliphatic heterocycles. The van der Waals surface area contributed by atoms with Gasteiger partial charge in [-0.2, -0.15) is 0 Å². The molecular formula is C12H19N3OS. The lowest BCUT2D eigenvalue weighted by Gasteiger charge is -2.13. The van der Waals surface area contributed by atoms with Crippen LogP contribution in [0, 0.1) is 6.92 Å². The number of nitrogens with zero attached hydrogens (tertiary/aromatic N) is 1. The number of aryl methyl sites for hydroxylation is 1. The van der Waals surface area contributed by atoms with Crippen LogP contribution >= 0.6 is 11.3 Å². The van der Waals surface area contributed by atoms with Crippen LogP contribution in [-0.4, -0.2) is 29.5 Å². The maximum Gasteiger partial charge on any atom is 0.237 e. The van der Waals surface area contributed by atoms with Crippen molar-refractivity contribution in [1.82, 2.24) is 15.6 Å². The van der Waals surface area contributed by atoms with E-state index in [0.717, 1.165) is 31.5 Å². The van der Waals surface area contributed by atoms with E-state index in [0.29, 0.717) is 6.04 Å². The molecule has 1 fully saturated rings. The lowest BCUT2D eigenvalue weighted by Crippen LogP contribution is -2.43. The third kappa shape index (κ3) is 3.78. The summed E-state index contributed by atoms with van der Waals surface area (Å²) >= 11 is 1.68. The Hall–Kier alpha value is -0.940. The molecule has 4 nitrogen and oxygen atoms in total. The van der Waals surface area contributed by atoms with Crippen LogP contribution in [0.3, 0.4) is 0 Å². The van der Waals surface area contributed by atoms with Gasteiger partial charge in [0.25, 0.3) is 0 Å². The lowest BCUT2D eigenvalue weighted by molar-refractivity contribution is -0.122. The Morgan fingerprint density at radius 2 is 2.41 bits per heavy atom. The number of carbonyl (C=O) groups is 1. The van der Waals surface area contributed by atoms with E-state index < -0.39 is 0 Å². The van der Waals surface area contributed by atoms with Gasteiger partial charge in [0.05, 0.1) is 17.2 Å². The normalized spacial score (nSPS) is 16.8. The molecule has 1 aromatic heterocycles. The maximum absolute atomic E-state index is 11.7. The van der Waals surface area contributed by atoms with Crippen molar-refractivity contribution in [2.45, 2.75) is 45.2 Å². The molecule has 0 aromatic carbocycles. The number of nitrogens with one attached hydrogen (secondary N) is 2. The highest BCUT2D eigenvalue weighted by Gasteiger charge is 2.25. The first-order chi connectivity index (χ1) is 8.16. The van der Waals surface area contributed by atoms with Crippen LogP contribution in [0.25, 0.3) is 0 Å². The van der Waals surface area contributed by atoms with Crippen molar-refractivity contribution in [3.05, 3.63) is 16.1 Å². The summed E-state index contributed by atoms with van der Waals surface area (Å²) in [6.45, 7) is 4.76. The second-order valence-corrected chi connectivity index (χ2v) is 5.51. The highest BCUT2D eigenvalue weighted by atomic mass is 32.1. The van der Waals surface area contributed by atoms with E-state index in [-0.39, 0.29) is 11.9 Å². The van der Waals surface area contributed by atoms with E-state index in [2.05, 4.69) is 15.6 Å². The molecule has 17 heavy (non-hydrogen) atoms. The average molecular weight is 253 g/mol. The molecule has 1 aliphatic rings. The van der Waals surface area contributed by atoms with Crippen LogP contribution in [0.15, 0.2) is 5.51 Å². The summed E-state index contributed by atoms with van der Waals surface area (Å²) in [6.07, 6.45) is 3.22. The summed E-state index contributed by atoms with van der Waals surface area (Å²) in [4.78, 5) is 17.2. The van der Waals surface area contributed by atoms with E-state index in [1.807, 2.05) is 19.4 Å². The van der Waals surface area contributed by atoms with Gasteiger partial charge in [0.15, 0.2) is 0 Å². The number of thiazole rings is 1. The largest absolute Gasteiger partial charge is 0.352 e. The van der Waals surface area contributed by atoms with Gasteiger partial charge < -0.3 is 10.6 Å². The van der Waals surface area contributed by atoms with Crippen molar-refractivity contribution >= 4 is 17.2 Å². The third-order valence-corrected chi connectivity index (χ3v) is 3.96. The van der Waals surface area contributed by atoms with Crippen LogP contribution in [0.1, 0.15) is 30.3 Å². The fourth-order valence-electron chi connectivity index (χ4n) is 1.61. The van der Waals surface area contributed by atoms with Crippen LogP contribution in [-0.2, 0) is 11.2 Å². The summed E-state index contributed by atoms with van der Waals surface area (Å²) < 4.78 is 0. The minimum absolute atomic E-state index is 0.108. The zero-order valence-electron chi connectivity index (χ0n) is 10.3. The summed E-state index contributed by atoms with van der Waals surface area (Å²) in [5, 5.41) is 6.25. The maximum atomic E-state index is 11.7. The molecule has 2 rings (SSSR count). The third-order valence-electron chi connectivity index (χ3n) is 2.96. The number of rotatable bonds is 6. The Bertz CT molecular complexity index is 387. The zero-order valence-corrected chi connectivity index (χ0v) is 11.1. The lowest BCUT2D eigenvalue weighted by atomic mass is 10.2. The molecular weight excluding hydrogens is 234 g/mol. The van der Waals surface area contributed by atoms with Gasteiger partial charge >= 0.3 is 0 Å². The molecule has 1 unspecified atom stereocenters. The van der Waals surface area contributed by atoms with Crippen molar-refractivity contribution in [2.75, 3.05) is 6.54 Å². The number of aromatic nitrogens is 1. The van der Waals surface area contributed by atoms with Gasteiger partial charge in [0.2, 0.25) is 5.91 Å². The summed E-state index contributed by atoms with van der Waals surface area (Å²) in [7, 11) is 0. The predicted molar refractivity (Wildman–Crippen MR) is 69.2 cm³/mol. The summed E-state index contributed by atoms with van der Waals surface area (Å²) in [5.74, 6) is 0.119. The van der Waals surface area contributed by atoms with Crippen molar-refractivity contribution in [3.63, 3.8) is 0 Å². The van der Waals surface area contributed by atoms with Gasteiger partial charge in [-0.1, -0.05) is 0 Å². The zero-order chi connectivity index (χ0) is 12.3. The molecule has 1 amide bonds. The Balaban J connectivity index is 1.67. The van der Waals surface area contributed by atoms with Crippen LogP contribution in [0.5, 0.6) is 0 Å². The Morgan fingerprint density at radius 1 is 1.65 bits per heavy atom. The second kappa shape index (κ2) is 5.60. The Labute approximate surface area is 106 Å². The van der Waals surface area contributed by atoms with Crippen molar-refractivity contribution in [3.8, 4) is 0 Å². The smallest absolute Gasteiger partial charge is 0.237 e. The predicted octanol–water partition coefficient (Wildman–Crippen LogP) is 1.25. The van der Waals surface area contributed by atoms with E-state index in [9.17, 15) is 4.79 Å². The molecule has 1 heterocycles. The van der Waals surface area contributed by atoms with Crippen molar-refractivity contribution in [1.29, 1.82) is 0 Å². The minimum atomic E-state index is -0.108. The van der Waals surface area contributed by atoms with Gasteiger partial charge in [0, 0.05) is 17.5 Å². The van der Waals surface area contributed by atoms with Gasteiger partial charge in [-0.05, 0) is 33.1 Å². The highest BCUT2D eigenvalue weighted by Crippen LogP contribution is 2.18. The Kier molecular flexibility index (Phi) is 4.12. The molecule has 0 spiro atoms. The quantitative estimate of drug-likeness (QED) is 0.802. The first kappa shape index (κ1) is 12.5. The molecule has 1 saturated carbocycles. The molecule has 94 valence electrons. The van der Waals surface area contributed by atoms with Crippen LogP contribution in [0.4, 0.5) is 0 Å². The highest BCUT2D eigenvalue weighted by molar-refractivity contribution is 7.09. The first-order valence-corrected chi connectivity index (χ1v) is 6.97. The SMILES string of the molecule is Cc1ncsc1CCNC(C)C(=O)NC1CC1. The van der Waals surface area contributed by atoms with E-state index in [4.69, 9.17) is 0 Å². The molecule has 1 atom stereocenters. The number of hydrogen-bond donors (Lipinski definition) is 2. The van der Waals surface area contributed by atoms with Gasteiger partial charge in [-0.3, -0.25) is 4.79 Å².